The van der Waals surface area contributed by atoms with Crippen LogP contribution in [0.25, 0.3) is 0 Å². The first-order valence-electron chi connectivity index (χ1n) is 6.11. The zero-order valence-corrected chi connectivity index (χ0v) is 10.8. The summed E-state index contributed by atoms with van der Waals surface area (Å²) in [5.41, 5.74) is 0.538. The molecule has 100 valence electrons. The molecule has 0 saturated carbocycles. The smallest absolute Gasteiger partial charge is 0.142 e. The van der Waals surface area contributed by atoms with Gasteiger partial charge in [-0.1, -0.05) is 17.7 Å². The maximum absolute atomic E-state index is 13.3. The van der Waals surface area contributed by atoms with Gasteiger partial charge in [0.05, 0.1) is 11.1 Å². The summed E-state index contributed by atoms with van der Waals surface area (Å²) in [5.74, 6) is -0.501. The number of halogens is 2. The monoisotopic (exact) mass is 273 g/mol. The molecule has 1 saturated heterocycles. The summed E-state index contributed by atoms with van der Waals surface area (Å²) in [6.45, 7) is 1.92. The molecule has 1 aromatic carbocycles. The van der Waals surface area contributed by atoms with Crippen LogP contribution in [0.3, 0.4) is 0 Å². The van der Waals surface area contributed by atoms with Gasteiger partial charge in [-0.25, -0.2) is 4.39 Å². The Morgan fingerprint density at radius 1 is 1.44 bits per heavy atom. The summed E-state index contributed by atoms with van der Waals surface area (Å²) in [6.07, 6.45) is 1.17. The highest BCUT2D eigenvalue weighted by Gasteiger charge is 2.16. The third-order valence-corrected chi connectivity index (χ3v) is 3.46. The van der Waals surface area contributed by atoms with Crippen LogP contribution < -0.4 is 5.32 Å². The van der Waals surface area contributed by atoms with Crippen molar-refractivity contribution in [3.63, 3.8) is 0 Å². The van der Waals surface area contributed by atoms with E-state index in [1.54, 1.807) is 6.07 Å². The van der Waals surface area contributed by atoms with Crippen LogP contribution in [0.2, 0.25) is 5.02 Å². The van der Waals surface area contributed by atoms with Gasteiger partial charge in [0.1, 0.15) is 5.82 Å². The molecule has 5 heteroatoms. The van der Waals surface area contributed by atoms with Crippen molar-refractivity contribution in [3.05, 3.63) is 34.6 Å². The second kappa shape index (κ2) is 6.48. The van der Waals surface area contributed by atoms with Gasteiger partial charge in [-0.15, -0.1) is 0 Å². The fraction of sp³-hybridized carbons (Fsp3) is 0.538. The molecule has 2 rings (SSSR count). The standard InChI is InChI=1S/C13H17ClFNO2/c14-11-2-1-9(7-12(11)15)13(17)8-16-10-3-5-18-6-4-10/h1-2,7,10,13,16-17H,3-6,8H2/t13-/m1/s1. The van der Waals surface area contributed by atoms with Crippen molar-refractivity contribution in [1.29, 1.82) is 0 Å². The van der Waals surface area contributed by atoms with Crippen molar-refractivity contribution in [1.82, 2.24) is 5.32 Å². The van der Waals surface area contributed by atoms with E-state index >= 15 is 0 Å². The number of rotatable bonds is 4. The molecule has 0 amide bonds. The van der Waals surface area contributed by atoms with Crippen molar-refractivity contribution in [2.24, 2.45) is 0 Å². The Labute approximate surface area is 111 Å². The largest absolute Gasteiger partial charge is 0.387 e. The van der Waals surface area contributed by atoms with E-state index in [9.17, 15) is 9.50 Å². The van der Waals surface area contributed by atoms with Crippen molar-refractivity contribution in [2.75, 3.05) is 19.8 Å². The Hall–Kier alpha value is -0.680. The molecule has 2 N–H and O–H groups in total. The van der Waals surface area contributed by atoms with Gasteiger partial charge in [0.2, 0.25) is 0 Å². The first-order chi connectivity index (χ1) is 8.66. The van der Waals surface area contributed by atoms with E-state index in [0.29, 0.717) is 18.2 Å². The van der Waals surface area contributed by atoms with Crippen LogP contribution in [0, 0.1) is 5.82 Å². The molecule has 3 nitrogen and oxygen atoms in total. The van der Waals surface area contributed by atoms with Crippen LogP contribution in [-0.2, 0) is 4.74 Å². The van der Waals surface area contributed by atoms with Gasteiger partial charge in [-0.05, 0) is 30.5 Å². The van der Waals surface area contributed by atoms with E-state index in [0.717, 1.165) is 26.1 Å². The first kappa shape index (κ1) is 13.7. The van der Waals surface area contributed by atoms with Crippen LogP contribution in [0.5, 0.6) is 0 Å². The Morgan fingerprint density at radius 2 is 2.17 bits per heavy atom. The Morgan fingerprint density at radius 3 is 2.83 bits per heavy atom. The maximum atomic E-state index is 13.3. The Balaban J connectivity index is 1.86. The molecule has 1 atom stereocenters. The zero-order chi connectivity index (χ0) is 13.0. The summed E-state index contributed by atoms with van der Waals surface area (Å²) in [7, 11) is 0. The highest BCUT2D eigenvalue weighted by atomic mass is 35.5. The molecule has 1 fully saturated rings. The number of aliphatic hydroxyl groups is 1. The quantitative estimate of drug-likeness (QED) is 0.884. The van der Waals surface area contributed by atoms with Gasteiger partial charge in [0.25, 0.3) is 0 Å². The minimum absolute atomic E-state index is 0.0725. The number of hydrogen-bond donors (Lipinski definition) is 2. The maximum Gasteiger partial charge on any atom is 0.142 e. The predicted octanol–water partition coefficient (Wildman–Crippen LogP) is 2.28. The minimum atomic E-state index is -0.723. The summed E-state index contributed by atoms with van der Waals surface area (Å²) in [5, 5.41) is 13.3. The van der Waals surface area contributed by atoms with E-state index in [1.165, 1.54) is 12.1 Å². The van der Waals surface area contributed by atoms with Crippen LogP contribution in [0.4, 0.5) is 4.39 Å². The van der Waals surface area contributed by atoms with Crippen LogP contribution in [0.15, 0.2) is 18.2 Å². The van der Waals surface area contributed by atoms with E-state index in [4.69, 9.17) is 16.3 Å². The lowest BCUT2D eigenvalue weighted by atomic mass is 10.1. The molecule has 18 heavy (non-hydrogen) atoms. The second-order valence-corrected chi connectivity index (χ2v) is 4.89. The number of aliphatic hydroxyl groups excluding tert-OH is 1. The van der Waals surface area contributed by atoms with Gasteiger partial charge in [0, 0.05) is 25.8 Å². The molecule has 0 aliphatic carbocycles. The molecule has 0 bridgehead atoms. The summed E-state index contributed by atoms with van der Waals surface area (Å²) in [4.78, 5) is 0. The molecule has 0 radical (unpaired) electrons. The topological polar surface area (TPSA) is 41.5 Å². The normalized spacial score (nSPS) is 18.8. The average molecular weight is 274 g/mol. The zero-order valence-electron chi connectivity index (χ0n) is 10.0. The van der Waals surface area contributed by atoms with Crippen LogP contribution in [-0.4, -0.2) is 30.9 Å². The van der Waals surface area contributed by atoms with Gasteiger partial charge < -0.3 is 15.2 Å². The van der Waals surface area contributed by atoms with Crippen LogP contribution in [0.1, 0.15) is 24.5 Å². The lowest BCUT2D eigenvalue weighted by molar-refractivity contribution is 0.0724. The van der Waals surface area contributed by atoms with Crippen molar-refractivity contribution < 1.29 is 14.2 Å². The number of hydrogen-bond acceptors (Lipinski definition) is 3. The summed E-state index contributed by atoms with van der Waals surface area (Å²) < 4.78 is 18.5. The Bertz CT molecular complexity index is 397. The minimum Gasteiger partial charge on any atom is -0.387 e. The van der Waals surface area contributed by atoms with Crippen molar-refractivity contribution >= 4 is 11.6 Å². The summed E-state index contributed by atoms with van der Waals surface area (Å²) in [6, 6.07) is 4.75. The molecule has 1 aromatic rings. The number of benzene rings is 1. The van der Waals surface area contributed by atoms with Gasteiger partial charge in [-0.3, -0.25) is 0 Å². The first-order valence-corrected chi connectivity index (χ1v) is 6.49. The molecule has 1 aliphatic rings. The van der Waals surface area contributed by atoms with Gasteiger partial charge >= 0.3 is 0 Å². The molecular formula is C13H17ClFNO2. The Kier molecular flexibility index (Phi) is 4.95. The predicted molar refractivity (Wildman–Crippen MR) is 68.2 cm³/mol. The molecular weight excluding hydrogens is 257 g/mol. The molecule has 0 unspecified atom stereocenters. The lowest BCUT2D eigenvalue weighted by Gasteiger charge is -2.24. The van der Waals surface area contributed by atoms with E-state index in [-0.39, 0.29) is 5.02 Å². The fourth-order valence-electron chi connectivity index (χ4n) is 2.02. The lowest BCUT2D eigenvalue weighted by Crippen LogP contribution is -2.37. The van der Waals surface area contributed by atoms with Crippen molar-refractivity contribution in [3.8, 4) is 0 Å². The third kappa shape index (κ3) is 3.65. The number of ether oxygens (including phenoxy) is 1. The average Bonchev–Trinajstić information content (AvgIpc) is 2.40. The molecule has 1 heterocycles. The molecule has 0 spiro atoms. The third-order valence-electron chi connectivity index (χ3n) is 3.15. The fourth-order valence-corrected chi connectivity index (χ4v) is 2.14. The SMILES string of the molecule is O[C@H](CNC1CCOCC1)c1ccc(Cl)c(F)c1. The van der Waals surface area contributed by atoms with E-state index in [2.05, 4.69) is 5.32 Å². The highest BCUT2D eigenvalue weighted by Crippen LogP contribution is 2.20. The van der Waals surface area contributed by atoms with Crippen LogP contribution >= 0.6 is 11.6 Å². The summed E-state index contributed by atoms with van der Waals surface area (Å²) >= 11 is 5.60. The molecule has 0 aromatic heterocycles. The van der Waals surface area contributed by atoms with Gasteiger partial charge in [-0.2, -0.15) is 0 Å². The number of nitrogens with one attached hydrogen (secondary N) is 1. The highest BCUT2D eigenvalue weighted by molar-refractivity contribution is 6.30. The second-order valence-electron chi connectivity index (χ2n) is 4.48. The molecule has 1 aliphatic heterocycles. The van der Waals surface area contributed by atoms with E-state index < -0.39 is 11.9 Å². The van der Waals surface area contributed by atoms with Gasteiger partial charge in [0.15, 0.2) is 0 Å². The van der Waals surface area contributed by atoms with E-state index in [1.807, 2.05) is 0 Å². The van der Waals surface area contributed by atoms with Crippen molar-refractivity contribution in [2.45, 2.75) is 25.0 Å².